The Labute approximate surface area is 175 Å². The Morgan fingerprint density at radius 2 is 1.76 bits per heavy atom. The lowest BCUT2D eigenvalue weighted by atomic mass is 9.65. The number of guanidine groups is 1. The van der Waals surface area contributed by atoms with Gasteiger partial charge < -0.3 is 15.0 Å². The van der Waals surface area contributed by atoms with Crippen LogP contribution in [0.25, 0.3) is 0 Å². The third kappa shape index (κ3) is 4.44. The third-order valence-electron chi connectivity index (χ3n) is 6.61. The molecular formula is C21H34N4O3S. The zero-order valence-electron chi connectivity index (χ0n) is 18.2. The molecule has 1 aromatic rings. The quantitative estimate of drug-likeness (QED) is 0.581. The fourth-order valence-corrected chi connectivity index (χ4v) is 5.42. The number of benzene rings is 1. The van der Waals surface area contributed by atoms with Crippen LogP contribution >= 0.6 is 0 Å². The number of nitrogens with zero attached hydrogens (tertiary/aromatic N) is 3. The fourth-order valence-electron chi connectivity index (χ4n) is 3.85. The number of morpholine rings is 1. The molecule has 1 aromatic carbocycles. The summed E-state index contributed by atoms with van der Waals surface area (Å²) in [5.41, 5.74) is 2.02. The number of nitrogens with one attached hydrogen (secondary N) is 1. The molecule has 0 spiro atoms. The van der Waals surface area contributed by atoms with E-state index in [9.17, 15) is 8.42 Å². The van der Waals surface area contributed by atoms with Gasteiger partial charge in [0.1, 0.15) is 0 Å². The van der Waals surface area contributed by atoms with Crippen molar-refractivity contribution in [3.63, 3.8) is 0 Å². The Morgan fingerprint density at radius 3 is 2.31 bits per heavy atom. The smallest absolute Gasteiger partial charge is 0.218 e. The Morgan fingerprint density at radius 1 is 1.14 bits per heavy atom. The van der Waals surface area contributed by atoms with E-state index in [0.29, 0.717) is 32.8 Å². The summed E-state index contributed by atoms with van der Waals surface area (Å²) in [6, 6.07) is 7.72. The number of hydrogen-bond acceptors (Lipinski definition) is 4. The van der Waals surface area contributed by atoms with Crippen molar-refractivity contribution in [2.45, 2.75) is 45.5 Å². The second-order valence-corrected chi connectivity index (χ2v) is 10.9. The molecule has 0 radical (unpaired) electrons. The van der Waals surface area contributed by atoms with Crippen LogP contribution in [0.3, 0.4) is 0 Å². The van der Waals surface area contributed by atoms with Crippen molar-refractivity contribution in [3.8, 4) is 0 Å². The van der Waals surface area contributed by atoms with E-state index in [1.807, 2.05) is 24.3 Å². The minimum Gasteiger partial charge on any atom is -0.379 e. The molecule has 1 N–H and O–H groups in total. The second-order valence-electron chi connectivity index (χ2n) is 8.97. The third-order valence-corrected chi connectivity index (χ3v) is 8.44. The highest BCUT2D eigenvalue weighted by Crippen LogP contribution is 2.46. The minimum absolute atomic E-state index is 0.00565. The van der Waals surface area contributed by atoms with Crippen LogP contribution < -0.4 is 5.32 Å². The first-order chi connectivity index (χ1) is 13.6. The average Bonchev–Trinajstić information content (AvgIpc) is 2.69. The van der Waals surface area contributed by atoms with E-state index in [1.54, 1.807) is 7.05 Å². The van der Waals surface area contributed by atoms with Gasteiger partial charge in [0, 0.05) is 44.2 Å². The van der Waals surface area contributed by atoms with Crippen LogP contribution in [0.4, 0.5) is 0 Å². The number of rotatable bonds is 5. The van der Waals surface area contributed by atoms with E-state index in [1.165, 1.54) is 4.31 Å². The van der Waals surface area contributed by atoms with Gasteiger partial charge in [0.25, 0.3) is 0 Å². The SMILES string of the molecule is CN=C(NCc1ccccc1CS(=O)(=O)N1CCOCC1)N1CC(C)(C)C1(C)C. The molecule has 0 saturated carbocycles. The lowest BCUT2D eigenvalue weighted by Crippen LogP contribution is -2.72. The van der Waals surface area contributed by atoms with Crippen molar-refractivity contribution in [1.82, 2.24) is 14.5 Å². The lowest BCUT2D eigenvalue weighted by molar-refractivity contribution is -0.0667. The maximum atomic E-state index is 12.8. The number of aliphatic imine (C=N–C) groups is 1. The van der Waals surface area contributed by atoms with Crippen molar-refractivity contribution in [2.24, 2.45) is 10.4 Å². The van der Waals surface area contributed by atoms with E-state index >= 15 is 0 Å². The molecule has 2 saturated heterocycles. The molecule has 2 aliphatic heterocycles. The number of likely N-dealkylation sites (tertiary alicyclic amines) is 1. The van der Waals surface area contributed by atoms with Crippen LogP contribution in [0.2, 0.25) is 0 Å². The summed E-state index contributed by atoms with van der Waals surface area (Å²) in [6.45, 7) is 12.2. The largest absolute Gasteiger partial charge is 0.379 e. The summed E-state index contributed by atoms with van der Waals surface area (Å²) in [5.74, 6) is 0.853. The molecule has 0 aliphatic carbocycles. The summed E-state index contributed by atoms with van der Waals surface area (Å²) < 4.78 is 32.5. The first-order valence-electron chi connectivity index (χ1n) is 10.2. The standard InChI is InChI=1S/C21H34N4O3S/c1-20(2)16-25(21(20,3)4)19(22-5)23-14-17-8-6-7-9-18(17)15-29(26,27)24-10-12-28-13-11-24/h6-9H,10-16H2,1-5H3,(H,22,23). The lowest BCUT2D eigenvalue weighted by Gasteiger charge is -2.62. The molecule has 0 amide bonds. The molecular weight excluding hydrogens is 388 g/mol. The van der Waals surface area contributed by atoms with E-state index in [0.717, 1.165) is 23.6 Å². The Hall–Kier alpha value is -1.64. The van der Waals surface area contributed by atoms with Gasteiger partial charge in [-0.15, -0.1) is 0 Å². The van der Waals surface area contributed by atoms with Gasteiger partial charge in [0.2, 0.25) is 10.0 Å². The predicted octanol–water partition coefficient (Wildman–Crippen LogP) is 2.04. The summed E-state index contributed by atoms with van der Waals surface area (Å²) >= 11 is 0. The maximum absolute atomic E-state index is 12.8. The minimum atomic E-state index is -3.36. The molecule has 0 aromatic heterocycles. The Kier molecular flexibility index (Phi) is 6.27. The Balaban J connectivity index is 1.69. The zero-order chi connectivity index (χ0) is 21.3. The molecule has 7 nitrogen and oxygen atoms in total. The van der Waals surface area contributed by atoms with Crippen molar-refractivity contribution < 1.29 is 13.2 Å². The average molecular weight is 423 g/mol. The zero-order valence-corrected chi connectivity index (χ0v) is 19.1. The molecule has 162 valence electrons. The predicted molar refractivity (Wildman–Crippen MR) is 116 cm³/mol. The van der Waals surface area contributed by atoms with Crippen molar-refractivity contribution in [3.05, 3.63) is 35.4 Å². The molecule has 3 rings (SSSR count). The van der Waals surface area contributed by atoms with Gasteiger partial charge in [-0.3, -0.25) is 4.99 Å². The topological polar surface area (TPSA) is 74.2 Å². The summed E-state index contributed by atoms with van der Waals surface area (Å²) in [6.07, 6.45) is 0. The molecule has 0 unspecified atom stereocenters. The first-order valence-corrected chi connectivity index (χ1v) is 11.8. The first kappa shape index (κ1) is 22.1. The van der Waals surface area contributed by atoms with E-state index in [4.69, 9.17) is 4.74 Å². The maximum Gasteiger partial charge on any atom is 0.218 e. The molecule has 0 bridgehead atoms. The van der Waals surface area contributed by atoms with E-state index in [2.05, 4.69) is 42.9 Å². The monoisotopic (exact) mass is 422 g/mol. The van der Waals surface area contributed by atoms with Gasteiger partial charge in [-0.25, -0.2) is 8.42 Å². The number of ether oxygens (including phenoxy) is 1. The summed E-state index contributed by atoms with van der Waals surface area (Å²) in [5, 5.41) is 3.43. The van der Waals surface area contributed by atoms with Crippen molar-refractivity contribution in [2.75, 3.05) is 39.9 Å². The van der Waals surface area contributed by atoms with Crippen molar-refractivity contribution in [1.29, 1.82) is 0 Å². The molecule has 0 atom stereocenters. The van der Waals surface area contributed by atoms with Gasteiger partial charge in [0.05, 0.1) is 19.0 Å². The van der Waals surface area contributed by atoms with E-state index < -0.39 is 10.0 Å². The van der Waals surface area contributed by atoms with E-state index in [-0.39, 0.29) is 16.7 Å². The highest BCUT2D eigenvalue weighted by molar-refractivity contribution is 7.88. The number of hydrogen-bond donors (Lipinski definition) is 1. The van der Waals surface area contributed by atoms with Gasteiger partial charge in [-0.1, -0.05) is 38.1 Å². The molecule has 29 heavy (non-hydrogen) atoms. The van der Waals surface area contributed by atoms with Crippen LogP contribution in [0.1, 0.15) is 38.8 Å². The summed E-state index contributed by atoms with van der Waals surface area (Å²) in [7, 11) is -1.57. The highest BCUT2D eigenvalue weighted by Gasteiger charge is 2.53. The van der Waals surface area contributed by atoms with Crippen molar-refractivity contribution >= 4 is 16.0 Å². The van der Waals surface area contributed by atoms with Crippen LogP contribution in [0.15, 0.2) is 29.3 Å². The van der Waals surface area contributed by atoms with Gasteiger partial charge in [-0.2, -0.15) is 4.31 Å². The molecule has 8 heteroatoms. The van der Waals surface area contributed by atoms with Crippen LogP contribution in [-0.4, -0.2) is 69.0 Å². The van der Waals surface area contributed by atoms with Gasteiger partial charge in [0.15, 0.2) is 5.96 Å². The normalized spacial score (nSPS) is 22.2. The summed E-state index contributed by atoms with van der Waals surface area (Å²) in [4.78, 5) is 6.73. The molecule has 2 heterocycles. The fraction of sp³-hybridized carbons (Fsp3) is 0.667. The van der Waals surface area contributed by atoms with Crippen LogP contribution in [0, 0.1) is 5.41 Å². The number of sulfonamides is 1. The van der Waals surface area contributed by atoms with Crippen LogP contribution in [-0.2, 0) is 27.1 Å². The van der Waals surface area contributed by atoms with Gasteiger partial charge in [-0.05, 0) is 25.0 Å². The van der Waals surface area contributed by atoms with Crippen LogP contribution in [0.5, 0.6) is 0 Å². The molecule has 2 aliphatic rings. The van der Waals surface area contributed by atoms with Gasteiger partial charge >= 0.3 is 0 Å². The second kappa shape index (κ2) is 8.24. The Bertz CT molecular complexity index is 858. The highest BCUT2D eigenvalue weighted by atomic mass is 32.2. The molecule has 2 fully saturated rings.